The Hall–Kier alpha value is -2.80. The molecule has 0 aliphatic rings. The van der Waals surface area contributed by atoms with E-state index in [1.54, 1.807) is 23.9 Å². The Morgan fingerprint density at radius 3 is 2.45 bits per heavy atom. The standard InChI is InChI=1S/C25H22Cl2N4OS/c1-17-9-11-19(12-10-17)28-23(32)8-5-15-33-25-30-29-24(18-6-3-2-4-7-18)31(25)20-13-14-21(26)22(27)16-20/h2-4,6-7,9-14,16H,5,8,15H2,1H3,(H,28,32). The highest BCUT2D eigenvalue weighted by molar-refractivity contribution is 7.99. The van der Waals surface area contributed by atoms with Crippen LogP contribution in [0.25, 0.3) is 17.1 Å². The number of nitrogens with zero attached hydrogens (tertiary/aromatic N) is 3. The molecule has 0 saturated carbocycles. The molecule has 33 heavy (non-hydrogen) atoms. The van der Waals surface area contributed by atoms with Crippen molar-refractivity contribution in [1.82, 2.24) is 14.8 Å². The highest BCUT2D eigenvalue weighted by atomic mass is 35.5. The molecule has 3 aromatic carbocycles. The van der Waals surface area contributed by atoms with Crippen molar-refractivity contribution in [1.29, 1.82) is 0 Å². The zero-order chi connectivity index (χ0) is 23.2. The molecule has 0 fully saturated rings. The Labute approximate surface area is 207 Å². The number of carbonyl (C=O) groups is 1. The van der Waals surface area contributed by atoms with Crippen molar-refractivity contribution in [2.45, 2.75) is 24.9 Å². The lowest BCUT2D eigenvalue weighted by Crippen LogP contribution is -2.11. The first kappa shape index (κ1) is 23.4. The van der Waals surface area contributed by atoms with Gasteiger partial charge in [0.1, 0.15) is 0 Å². The van der Waals surface area contributed by atoms with Crippen molar-refractivity contribution in [2.75, 3.05) is 11.1 Å². The van der Waals surface area contributed by atoms with E-state index in [0.29, 0.717) is 28.7 Å². The molecule has 0 unspecified atom stereocenters. The van der Waals surface area contributed by atoms with E-state index in [2.05, 4.69) is 15.5 Å². The van der Waals surface area contributed by atoms with Crippen LogP contribution in [0.1, 0.15) is 18.4 Å². The topological polar surface area (TPSA) is 59.8 Å². The summed E-state index contributed by atoms with van der Waals surface area (Å²) in [5.74, 6) is 1.43. The lowest BCUT2D eigenvalue weighted by Gasteiger charge is -2.11. The van der Waals surface area contributed by atoms with Crippen LogP contribution in [0.2, 0.25) is 10.0 Å². The van der Waals surface area contributed by atoms with Crippen LogP contribution < -0.4 is 5.32 Å². The zero-order valence-electron chi connectivity index (χ0n) is 18.0. The van der Waals surface area contributed by atoms with Gasteiger partial charge < -0.3 is 5.32 Å². The van der Waals surface area contributed by atoms with Gasteiger partial charge in [-0.05, 0) is 43.7 Å². The van der Waals surface area contributed by atoms with Crippen molar-refractivity contribution in [3.8, 4) is 17.1 Å². The number of amides is 1. The van der Waals surface area contributed by atoms with Crippen molar-refractivity contribution >= 4 is 46.6 Å². The lowest BCUT2D eigenvalue weighted by molar-refractivity contribution is -0.116. The second-order valence-corrected chi connectivity index (χ2v) is 9.35. The summed E-state index contributed by atoms with van der Waals surface area (Å²) in [6.45, 7) is 2.02. The van der Waals surface area contributed by atoms with Gasteiger partial charge in [-0.15, -0.1) is 10.2 Å². The van der Waals surface area contributed by atoms with Gasteiger partial charge in [0.2, 0.25) is 5.91 Å². The van der Waals surface area contributed by atoms with E-state index in [9.17, 15) is 4.79 Å². The number of nitrogens with one attached hydrogen (secondary N) is 1. The van der Waals surface area contributed by atoms with E-state index >= 15 is 0 Å². The fourth-order valence-corrected chi connectivity index (χ4v) is 4.43. The normalized spacial score (nSPS) is 10.9. The molecule has 1 heterocycles. The lowest BCUT2D eigenvalue weighted by atomic mass is 10.2. The van der Waals surface area contributed by atoms with E-state index < -0.39 is 0 Å². The summed E-state index contributed by atoms with van der Waals surface area (Å²) in [5, 5.41) is 13.5. The summed E-state index contributed by atoms with van der Waals surface area (Å²) in [5.41, 5.74) is 3.74. The largest absolute Gasteiger partial charge is 0.326 e. The average molecular weight is 497 g/mol. The maximum Gasteiger partial charge on any atom is 0.224 e. The van der Waals surface area contributed by atoms with Gasteiger partial charge in [0, 0.05) is 23.4 Å². The van der Waals surface area contributed by atoms with E-state index in [4.69, 9.17) is 23.2 Å². The van der Waals surface area contributed by atoms with E-state index in [0.717, 1.165) is 33.4 Å². The van der Waals surface area contributed by atoms with Gasteiger partial charge in [0.15, 0.2) is 11.0 Å². The number of benzene rings is 3. The van der Waals surface area contributed by atoms with Gasteiger partial charge in [-0.1, -0.05) is 83.0 Å². The van der Waals surface area contributed by atoms with Crippen molar-refractivity contribution in [2.24, 2.45) is 0 Å². The maximum atomic E-state index is 12.3. The molecule has 5 nitrogen and oxygen atoms in total. The molecule has 0 aliphatic carbocycles. The molecule has 0 atom stereocenters. The van der Waals surface area contributed by atoms with Gasteiger partial charge in [0.25, 0.3) is 0 Å². The highest BCUT2D eigenvalue weighted by Gasteiger charge is 2.17. The SMILES string of the molecule is Cc1ccc(NC(=O)CCCSc2nnc(-c3ccccc3)n2-c2ccc(Cl)c(Cl)c2)cc1. The fourth-order valence-electron chi connectivity index (χ4n) is 3.25. The monoisotopic (exact) mass is 496 g/mol. The number of hydrogen-bond donors (Lipinski definition) is 1. The van der Waals surface area contributed by atoms with Gasteiger partial charge in [-0.3, -0.25) is 9.36 Å². The van der Waals surface area contributed by atoms with Crippen LogP contribution in [0, 0.1) is 6.92 Å². The van der Waals surface area contributed by atoms with Gasteiger partial charge >= 0.3 is 0 Å². The molecule has 8 heteroatoms. The molecule has 1 N–H and O–H groups in total. The molecule has 0 bridgehead atoms. The first-order valence-corrected chi connectivity index (χ1v) is 12.2. The van der Waals surface area contributed by atoms with Gasteiger partial charge in [0.05, 0.1) is 15.7 Å². The molecule has 1 amide bonds. The van der Waals surface area contributed by atoms with Crippen LogP contribution in [0.5, 0.6) is 0 Å². The molecule has 0 aliphatic heterocycles. The number of thioether (sulfide) groups is 1. The molecule has 168 valence electrons. The number of aromatic nitrogens is 3. The van der Waals surface area contributed by atoms with E-state index in [1.807, 2.05) is 72.2 Å². The summed E-state index contributed by atoms with van der Waals surface area (Å²) < 4.78 is 1.97. The van der Waals surface area contributed by atoms with Crippen molar-refractivity contribution in [3.05, 3.63) is 88.4 Å². The Morgan fingerprint density at radius 2 is 1.73 bits per heavy atom. The van der Waals surface area contributed by atoms with Crippen LogP contribution in [0.3, 0.4) is 0 Å². The minimum atomic E-state index is -0.00428. The number of anilines is 1. The Bertz CT molecular complexity index is 1240. The quantitative estimate of drug-likeness (QED) is 0.209. The molecular formula is C25H22Cl2N4OS. The molecule has 4 aromatic rings. The van der Waals surface area contributed by atoms with Crippen LogP contribution in [0.4, 0.5) is 5.69 Å². The molecule has 0 saturated heterocycles. The first-order chi connectivity index (χ1) is 16.0. The number of aryl methyl sites for hydroxylation is 1. The summed E-state index contributed by atoms with van der Waals surface area (Å²) in [7, 11) is 0. The predicted molar refractivity (Wildman–Crippen MR) is 137 cm³/mol. The van der Waals surface area contributed by atoms with Crippen LogP contribution in [-0.4, -0.2) is 26.4 Å². The number of halogens is 2. The third kappa shape index (κ3) is 5.96. The third-order valence-electron chi connectivity index (χ3n) is 4.94. The second kappa shape index (κ2) is 10.9. The molecular weight excluding hydrogens is 475 g/mol. The molecule has 1 aromatic heterocycles. The van der Waals surface area contributed by atoms with Crippen LogP contribution >= 0.6 is 35.0 Å². The van der Waals surface area contributed by atoms with Crippen molar-refractivity contribution < 1.29 is 4.79 Å². The molecule has 4 rings (SSSR count). The Morgan fingerprint density at radius 1 is 0.970 bits per heavy atom. The van der Waals surface area contributed by atoms with Gasteiger partial charge in [-0.2, -0.15) is 0 Å². The predicted octanol–water partition coefficient (Wildman–Crippen LogP) is 7.06. The van der Waals surface area contributed by atoms with E-state index in [-0.39, 0.29) is 5.91 Å². The van der Waals surface area contributed by atoms with Gasteiger partial charge in [-0.25, -0.2) is 0 Å². The highest BCUT2D eigenvalue weighted by Crippen LogP contribution is 2.31. The second-order valence-electron chi connectivity index (χ2n) is 7.47. The van der Waals surface area contributed by atoms with Crippen LogP contribution in [0.15, 0.2) is 78.0 Å². The zero-order valence-corrected chi connectivity index (χ0v) is 20.3. The Balaban J connectivity index is 1.46. The van der Waals surface area contributed by atoms with E-state index in [1.165, 1.54) is 0 Å². The third-order valence-corrected chi connectivity index (χ3v) is 6.70. The first-order valence-electron chi connectivity index (χ1n) is 10.5. The van der Waals surface area contributed by atoms with Crippen molar-refractivity contribution in [3.63, 3.8) is 0 Å². The fraction of sp³-hybridized carbons (Fsp3) is 0.160. The number of rotatable bonds is 8. The summed E-state index contributed by atoms with van der Waals surface area (Å²) >= 11 is 14.0. The number of hydrogen-bond acceptors (Lipinski definition) is 4. The summed E-state index contributed by atoms with van der Waals surface area (Å²) in [4.78, 5) is 12.3. The summed E-state index contributed by atoms with van der Waals surface area (Å²) in [6, 6.07) is 23.1. The summed E-state index contributed by atoms with van der Waals surface area (Å²) in [6.07, 6.45) is 1.13. The molecule has 0 radical (unpaired) electrons. The smallest absolute Gasteiger partial charge is 0.224 e. The maximum absolute atomic E-state index is 12.3. The minimum absolute atomic E-state index is 0.00428. The minimum Gasteiger partial charge on any atom is -0.326 e. The number of carbonyl (C=O) groups excluding carboxylic acids is 1. The average Bonchev–Trinajstić information content (AvgIpc) is 3.24. The molecule has 0 spiro atoms. The van der Waals surface area contributed by atoms with Crippen LogP contribution in [-0.2, 0) is 4.79 Å². The Kier molecular flexibility index (Phi) is 7.70.